The van der Waals surface area contributed by atoms with Crippen LogP contribution in [0.1, 0.15) is 31.2 Å². The van der Waals surface area contributed by atoms with Gasteiger partial charge in [-0.15, -0.1) is 0 Å². The van der Waals surface area contributed by atoms with Crippen molar-refractivity contribution in [3.63, 3.8) is 0 Å². The first-order chi connectivity index (χ1) is 10.1. The summed E-state index contributed by atoms with van der Waals surface area (Å²) in [6.07, 6.45) is 0. The SMILES string of the molecule is Cc1cccc2cc(C(NN)C3CSC(C)C(C)S3)oc12. The van der Waals surface area contributed by atoms with Crippen LogP contribution in [0.2, 0.25) is 0 Å². The lowest BCUT2D eigenvalue weighted by Crippen LogP contribution is -2.40. The molecule has 1 aliphatic rings. The second kappa shape index (κ2) is 6.24. The van der Waals surface area contributed by atoms with Gasteiger partial charge in [-0.3, -0.25) is 5.84 Å². The van der Waals surface area contributed by atoms with Crippen molar-refractivity contribution in [3.05, 3.63) is 35.6 Å². The Balaban J connectivity index is 1.89. The van der Waals surface area contributed by atoms with Crippen molar-refractivity contribution < 1.29 is 4.42 Å². The van der Waals surface area contributed by atoms with Crippen LogP contribution in [0.3, 0.4) is 0 Å². The molecule has 0 saturated carbocycles. The molecule has 3 N–H and O–H groups in total. The summed E-state index contributed by atoms with van der Waals surface area (Å²) in [7, 11) is 0. The number of hydrogen-bond acceptors (Lipinski definition) is 5. The number of nitrogens with one attached hydrogen (secondary N) is 1. The van der Waals surface area contributed by atoms with E-state index in [-0.39, 0.29) is 6.04 Å². The largest absolute Gasteiger partial charge is 0.459 e. The molecule has 3 rings (SSSR count). The van der Waals surface area contributed by atoms with Gasteiger partial charge in [0.1, 0.15) is 11.3 Å². The van der Waals surface area contributed by atoms with E-state index in [1.807, 2.05) is 23.5 Å². The van der Waals surface area contributed by atoms with Gasteiger partial charge in [-0.05, 0) is 18.6 Å². The molecule has 0 spiro atoms. The fourth-order valence-electron chi connectivity index (χ4n) is 2.74. The second-order valence-electron chi connectivity index (χ2n) is 5.70. The summed E-state index contributed by atoms with van der Waals surface area (Å²) in [6, 6.07) is 8.42. The van der Waals surface area contributed by atoms with Crippen molar-refractivity contribution in [2.24, 2.45) is 5.84 Å². The Hall–Kier alpha value is -0.620. The van der Waals surface area contributed by atoms with Crippen molar-refractivity contribution in [1.82, 2.24) is 5.43 Å². The number of aryl methyl sites for hydroxylation is 1. The van der Waals surface area contributed by atoms with Gasteiger partial charge in [0.05, 0.1) is 6.04 Å². The number of para-hydroxylation sites is 1. The summed E-state index contributed by atoms with van der Waals surface area (Å²) in [5.74, 6) is 7.89. The number of hydrazine groups is 1. The molecule has 114 valence electrons. The van der Waals surface area contributed by atoms with Gasteiger partial charge in [-0.25, -0.2) is 5.43 Å². The van der Waals surface area contributed by atoms with Gasteiger partial charge < -0.3 is 4.42 Å². The summed E-state index contributed by atoms with van der Waals surface area (Å²) in [5, 5.41) is 2.92. The Morgan fingerprint density at radius 1 is 1.33 bits per heavy atom. The number of furan rings is 1. The van der Waals surface area contributed by atoms with Crippen molar-refractivity contribution in [3.8, 4) is 0 Å². The molecule has 1 aromatic heterocycles. The molecule has 1 aliphatic heterocycles. The Morgan fingerprint density at radius 3 is 2.81 bits per heavy atom. The number of hydrogen-bond donors (Lipinski definition) is 2. The lowest BCUT2D eigenvalue weighted by Gasteiger charge is -2.34. The zero-order chi connectivity index (χ0) is 15.0. The zero-order valence-corrected chi connectivity index (χ0v) is 14.3. The molecule has 0 amide bonds. The van der Waals surface area contributed by atoms with Gasteiger partial charge in [0, 0.05) is 26.9 Å². The first kappa shape index (κ1) is 15.3. The third kappa shape index (κ3) is 2.97. The van der Waals surface area contributed by atoms with Crippen LogP contribution in [0, 0.1) is 6.92 Å². The highest BCUT2D eigenvalue weighted by Gasteiger charge is 2.33. The van der Waals surface area contributed by atoms with Crippen molar-refractivity contribution in [2.45, 2.75) is 42.6 Å². The van der Waals surface area contributed by atoms with Gasteiger partial charge in [0.25, 0.3) is 0 Å². The van der Waals surface area contributed by atoms with Crippen LogP contribution in [-0.2, 0) is 0 Å². The number of nitrogens with two attached hydrogens (primary N) is 1. The van der Waals surface area contributed by atoms with Crippen LogP contribution in [0.25, 0.3) is 11.0 Å². The third-order valence-electron chi connectivity index (χ3n) is 4.19. The van der Waals surface area contributed by atoms with Crippen molar-refractivity contribution in [1.29, 1.82) is 0 Å². The monoisotopic (exact) mass is 322 g/mol. The number of fused-ring (bicyclic) bond motifs is 1. The molecule has 0 aliphatic carbocycles. The van der Waals surface area contributed by atoms with E-state index in [4.69, 9.17) is 10.3 Å². The topological polar surface area (TPSA) is 51.2 Å². The van der Waals surface area contributed by atoms with Crippen LogP contribution in [-0.4, -0.2) is 21.5 Å². The van der Waals surface area contributed by atoms with E-state index in [1.54, 1.807) is 0 Å². The fourth-order valence-corrected chi connectivity index (χ4v) is 5.81. The molecule has 3 nitrogen and oxygen atoms in total. The van der Waals surface area contributed by atoms with Crippen LogP contribution < -0.4 is 11.3 Å². The molecule has 21 heavy (non-hydrogen) atoms. The molecule has 0 bridgehead atoms. The molecule has 5 heteroatoms. The van der Waals surface area contributed by atoms with E-state index in [0.29, 0.717) is 15.7 Å². The van der Waals surface area contributed by atoms with E-state index in [0.717, 1.165) is 22.5 Å². The Kier molecular flexibility index (Phi) is 4.54. The average molecular weight is 322 g/mol. The minimum Gasteiger partial charge on any atom is -0.459 e. The Labute approximate surface area is 134 Å². The van der Waals surface area contributed by atoms with Crippen molar-refractivity contribution in [2.75, 3.05) is 5.75 Å². The average Bonchev–Trinajstić information content (AvgIpc) is 2.89. The maximum Gasteiger partial charge on any atom is 0.137 e. The first-order valence-electron chi connectivity index (χ1n) is 7.32. The fraction of sp³-hybridized carbons (Fsp3) is 0.500. The predicted octanol–water partition coefficient (Wildman–Crippen LogP) is 3.87. The first-order valence-corrected chi connectivity index (χ1v) is 9.31. The van der Waals surface area contributed by atoms with Crippen LogP contribution in [0.15, 0.2) is 28.7 Å². The summed E-state index contributed by atoms with van der Waals surface area (Å²) in [6.45, 7) is 6.67. The summed E-state index contributed by atoms with van der Waals surface area (Å²) in [4.78, 5) is 0. The van der Waals surface area contributed by atoms with Gasteiger partial charge in [-0.2, -0.15) is 23.5 Å². The molecule has 1 aromatic carbocycles. The van der Waals surface area contributed by atoms with E-state index >= 15 is 0 Å². The van der Waals surface area contributed by atoms with Crippen LogP contribution in [0.4, 0.5) is 0 Å². The van der Waals surface area contributed by atoms with Gasteiger partial charge >= 0.3 is 0 Å². The number of benzene rings is 1. The Bertz CT molecular complexity index is 628. The lowest BCUT2D eigenvalue weighted by atomic mass is 10.1. The molecule has 4 atom stereocenters. The molecule has 1 fully saturated rings. The van der Waals surface area contributed by atoms with Gasteiger partial charge in [-0.1, -0.05) is 32.0 Å². The summed E-state index contributed by atoms with van der Waals surface area (Å²) >= 11 is 4.04. The number of rotatable bonds is 3. The predicted molar refractivity (Wildman–Crippen MR) is 93.8 cm³/mol. The van der Waals surface area contributed by atoms with Crippen LogP contribution in [0.5, 0.6) is 0 Å². The van der Waals surface area contributed by atoms with E-state index in [2.05, 4.69) is 50.5 Å². The van der Waals surface area contributed by atoms with E-state index < -0.39 is 0 Å². The molecular weight excluding hydrogens is 300 g/mol. The van der Waals surface area contributed by atoms with E-state index in [1.165, 1.54) is 5.56 Å². The van der Waals surface area contributed by atoms with E-state index in [9.17, 15) is 0 Å². The molecule has 2 aromatic rings. The van der Waals surface area contributed by atoms with Crippen molar-refractivity contribution >= 4 is 34.5 Å². The summed E-state index contributed by atoms with van der Waals surface area (Å²) < 4.78 is 6.10. The molecular formula is C16H22N2OS2. The highest BCUT2D eigenvalue weighted by atomic mass is 32.2. The smallest absolute Gasteiger partial charge is 0.137 e. The molecule has 2 heterocycles. The molecule has 4 unspecified atom stereocenters. The van der Waals surface area contributed by atoms with Gasteiger partial charge in [0.15, 0.2) is 0 Å². The molecule has 1 saturated heterocycles. The highest BCUT2D eigenvalue weighted by molar-refractivity contribution is 8.07. The second-order valence-corrected chi connectivity index (χ2v) is 8.74. The maximum atomic E-state index is 6.10. The quantitative estimate of drug-likeness (QED) is 0.663. The summed E-state index contributed by atoms with van der Waals surface area (Å²) in [5.41, 5.74) is 5.12. The van der Waals surface area contributed by atoms with Crippen LogP contribution >= 0.6 is 23.5 Å². The minimum atomic E-state index is 0.0595. The Morgan fingerprint density at radius 2 is 2.14 bits per heavy atom. The van der Waals surface area contributed by atoms with Gasteiger partial charge in [0.2, 0.25) is 0 Å². The molecule has 0 radical (unpaired) electrons. The zero-order valence-electron chi connectivity index (χ0n) is 12.6. The third-order valence-corrected chi connectivity index (χ3v) is 7.69. The highest BCUT2D eigenvalue weighted by Crippen LogP contribution is 2.41. The maximum absolute atomic E-state index is 6.10. The minimum absolute atomic E-state index is 0.0595. The lowest BCUT2D eigenvalue weighted by molar-refractivity contribution is 0.434. The standard InChI is InChI=1S/C16H22N2OS2/c1-9-5-4-6-12-7-13(19-16(9)12)15(18-17)14-8-20-10(2)11(3)21-14/h4-7,10-11,14-15,18H,8,17H2,1-3H3. The number of thioether (sulfide) groups is 2. The normalized spacial score (nSPS) is 27.9.